The average Bonchev–Trinajstić information content (AvgIpc) is 3.37. The van der Waals surface area contributed by atoms with Crippen LogP contribution >= 0.6 is 0 Å². The predicted molar refractivity (Wildman–Crippen MR) is 210 cm³/mol. The molecule has 0 bridgehead atoms. The van der Waals surface area contributed by atoms with Crippen LogP contribution in [0.5, 0.6) is 5.75 Å². The third-order valence-corrected chi connectivity index (χ3v) is 11.4. The first kappa shape index (κ1) is 36.2. The molecule has 0 saturated carbocycles. The Morgan fingerprint density at radius 3 is 2.49 bits per heavy atom. The summed E-state index contributed by atoms with van der Waals surface area (Å²) in [5.41, 5.74) is 3.00. The van der Waals surface area contributed by atoms with Crippen LogP contribution in [0.1, 0.15) is 58.5 Å². The van der Waals surface area contributed by atoms with Gasteiger partial charge in [0.1, 0.15) is 5.75 Å². The van der Waals surface area contributed by atoms with E-state index < -0.39 is 16.1 Å². The van der Waals surface area contributed by atoms with Crippen LogP contribution in [0, 0.1) is 10.1 Å². The SMILES string of the molecule is CC1(C)c2ccccc2N(CCC(=O)NCCNc2ccc3c4c(cccc24)C(=O)N(CCCN2CCOCC2)C3=O)C12C=Cc1cc([N+](=O)[O-])ccc1O2. The van der Waals surface area contributed by atoms with Crippen LogP contribution in [0.15, 0.2) is 78.9 Å². The summed E-state index contributed by atoms with van der Waals surface area (Å²) in [5.74, 6) is -0.138. The molecule has 0 radical (unpaired) electrons. The van der Waals surface area contributed by atoms with Crippen LogP contribution in [-0.2, 0) is 14.9 Å². The summed E-state index contributed by atoms with van der Waals surface area (Å²) in [5, 5.41) is 19.3. The minimum Gasteiger partial charge on any atom is -0.463 e. The van der Waals surface area contributed by atoms with Gasteiger partial charge in [0.05, 0.1) is 23.6 Å². The van der Waals surface area contributed by atoms with Crippen LogP contribution in [0.4, 0.5) is 17.1 Å². The zero-order valence-corrected chi connectivity index (χ0v) is 31.0. The zero-order valence-electron chi connectivity index (χ0n) is 31.0. The molecule has 284 valence electrons. The quantitative estimate of drug-likeness (QED) is 0.0816. The number of imide groups is 1. The maximum Gasteiger partial charge on any atom is 0.270 e. The molecule has 55 heavy (non-hydrogen) atoms. The molecule has 8 rings (SSSR count). The number of fused-ring (bicyclic) bond motifs is 2. The minimum absolute atomic E-state index is 0.00760. The minimum atomic E-state index is -0.959. The van der Waals surface area contributed by atoms with Gasteiger partial charge in [0.2, 0.25) is 11.6 Å². The number of rotatable bonds is 12. The summed E-state index contributed by atoms with van der Waals surface area (Å²) in [6, 6.07) is 21.8. The molecule has 1 fully saturated rings. The average molecular weight is 745 g/mol. The molecule has 13 heteroatoms. The van der Waals surface area contributed by atoms with Crippen molar-refractivity contribution in [2.45, 2.75) is 37.8 Å². The van der Waals surface area contributed by atoms with Gasteiger partial charge >= 0.3 is 0 Å². The number of non-ortho nitro benzene ring substituents is 1. The van der Waals surface area contributed by atoms with Crippen LogP contribution in [0.2, 0.25) is 0 Å². The van der Waals surface area contributed by atoms with Crippen LogP contribution in [0.3, 0.4) is 0 Å². The van der Waals surface area contributed by atoms with Gasteiger partial charge in [-0.05, 0) is 68.3 Å². The van der Waals surface area contributed by atoms with E-state index in [1.54, 1.807) is 18.2 Å². The van der Waals surface area contributed by atoms with Crippen molar-refractivity contribution >= 4 is 51.6 Å². The molecule has 4 aromatic carbocycles. The fourth-order valence-corrected chi connectivity index (χ4v) is 8.47. The van der Waals surface area contributed by atoms with Crippen molar-refractivity contribution in [2.75, 3.05) is 69.2 Å². The van der Waals surface area contributed by atoms with Gasteiger partial charge in [-0.1, -0.05) is 30.3 Å². The number of para-hydroxylation sites is 1. The van der Waals surface area contributed by atoms with Crippen molar-refractivity contribution in [3.8, 4) is 5.75 Å². The number of nitrogens with zero attached hydrogens (tertiary/aromatic N) is 4. The molecule has 13 nitrogen and oxygen atoms in total. The standard InChI is InChI=1S/C42H44N6O7/c1-41(2)33-9-3-4-10-35(33)47(42(41)17-15-28-27-29(48(52)53)11-14-36(28)55-42)22-16-37(49)44-19-18-43-34-13-12-32-38-30(34)7-5-8-31(38)39(50)46(40(32)51)21-6-20-45-23-25-54-26-24-45/h3-5,7-15,17,27,43H,6,16,18-26H2,1-2H3,(H,44,49). The second kappa shape index (κ2) is 14.5. The first-order valence-electron chi connectivity index (χ1n) is 18.9. The number of ether oxygens (including phenoxy) is 2. The Morgan fingerprint density at radius 1 is 0.909 bits per heavy atom. The Balaban J connectivity index is 0.902. The Bertz CT molecular complexity index is 2210. The van der Waals surface area contributed by atoms with E-state index in [2.05, 4.69) is 40.3 Å². The second-order valence-electron chi connectivity index (χ2n) is 14.9. The molecular formula is C42H44N6O7. The lowest BCUT2D eigenvalue weighted by Gasteiger charge is -2.47. The van der Waals surface area contributed by atoms with Gasteiger partial charge in [-0.15, -0.1) is 0 Å². The number of nitrogens with one attached hydrogen (secondary N) is 2. The van der Waals surface area contributed by atoms with Gasteiger partial charge in [0.25, 0.3) is 17.5 Å². The molecule has 4 aliphatic heterocycles. The predicted octanol–water partition coefficient (Wildman–Crippen LogP) is 5.58. The summed E-state index contributed by atoms with van der Waals surface area (Å²) in [4.78, 5) is 57.2. The van der Waals surface area contributed by atoms with E-state index in [1.807, 2.05) is 48.6 Å². The lowest BCUT2D eigenvalue weighted by Crippen LogP contribution is -2.60. The van der Waals surface area contributed by atoms with Gasteiger partial charge in [0.15, 0.2) is 0 Å². The van der Waals surface area contributed by atoms with Crippen molar-refractivity contribution in [2.24, 2.45) is 0 Å². The highest BCUT2D eigenvalue weighted by molar-refractivity contribution is 6.26. The van der Waals surface area contributed by atoms with Crippen molar-refractivity contribution in [1.82, 2.24) is 15.1 Å². The molecule has 0 aromatic heterocycles. The monoisotopic (exact) mass is 744 g/mol. The van der Waals surface area contributed by atoms with Gasteiger partial charge in [0, 0.05) is 103 Å². The van der Waals surface area contributed by atoms with E-state index >= 15 is 0 Å². The highest BCUT2D eigenvalue weighted by Gasteiger charge is 2.58. The molecule has 4 aliphatic rings. The van der Waals surface area contributed by atoms with Crippen molar-refractivity contribution in [3.05, 3.63) is 111 Å². The fraction of sp³-hybridized carbons (Fsp3) is 0.357. The number of carbonyl (C=O) groups is 3. The number of benzene rings is 4. The first-order chi connectivity index (χ1) is 26.6. The second-order valence-corrected chi connectivity index (χ2v) is 14.9. The number of nitro groups is 1. The summed E-state index contributed by atoms with van der Waals surface area (Å²) in [7, 11) is 0. The normalized spacial score (nSPS) is 19.7. The van der Waals surface area contributed by atoms with Gasteiger partial charge < -0.3 is 25.0 Å². The molecule has 4 heterocycles. The largest absolute Gasteiger partial charge is 0.463 e. The number of morpholine rings is 1. The molecule has 1 spiro atoms. The summed E-state index contributed by atoms with van der Waals surface area (Å²) >= 11 is 0. The van der Waals surface area contributed by atoms with Gasteiger partial charge in [-0.2, -0.15) is 0 Å². The Labute approximate surface area is 319 Å². The highest BCUT2D eigenvalue weighted by Crippen LogP contribution is 2.55. The molecular weight excluding hydrogens is 700 g/mol. The maximum absolute atomic E-state index is 13.6. The van der Waals surface area contributed by atoms with E-state index in [1.165, 1.54) is 17.0 Å². The van der Waals surface area contributed by atoms with Crippen molar-refractivity contribution in [3.63, 3.8) is 0 Å². The molecule has 3 amide bonds. The number of carbonyl (C=O) groups excluding carboxylic acids is 3. The number of hydrogen-bond acceptors (Lipinski definition) is 10. The topological polar surface area (TPSA) is 147 Å². The Hall–Kier alpha value is -5.79. The molecule has 0 aliphatic carbocycles. The maximum atomic E-state index is 13.6. The van der Waals surface area contributed by atoms with E-state index in [4.69, 9.17) is 9.47 Å². The lowest BCUT2D eigenvalue weighted by atomic mass is 9.76. The number of nitro benzene ring substituents is 1. The Kier molecular flexibility index (Phi) is 9.52. The van der Waals surface area contributed by atoms with Gasteiger partial charge in [-0.3, -0.25) is 34.3 Å². The third-order valence-electron chi connectivity index (χ3n) is 11.4. The van der Waals surface area contributed by atoms with Crippen LogP contribution in [0.25, 0.3) is 16.8 Å². The number of anilines is 2. The molecule has 1 saturated heterocycles. The van der Waals surface area contributed by atoms with Gasteiger partial charge in [-0.25, -0.2) is 0 Å². The third kappa shape index (κ3) is 6.36. The van der Waals surface area contributed by atoms with E-state index in [-0.39, 0.29) is 29.8 Å². The van der Waals surface area contributed by atoms with Crippen LogP contribution < -0.4 is 20.3 Å². The lowest BCUT2D eigenvalue weighted by molar-refractivity contribution is -0.384. The number of hydrogen-bond donors (Lipinski definition) is 2. The van der Waals surface area contributed by atoms with Crippen molar-refractivity contribution in [1.29, 1.82) is 0 Å². The summed E-state index contributed by atoms with van der Waals surface area (Å²) < 4.78 is 12.2. The smallest absolute Gasteiger partial charge is 0.270 e. The van der Waals surface area contributed by atoms with E-state index in [9.17, 15) is 24.5 Å². The summed E-state index contributed by atoms with van der Waals surface area (Å²) in [6.07, 6.45) is 4.72. The molecule has 2 N–H and O–H groups in total. The van der Waals surface area contributed by atoms with Crippen LogP contribution in [-0.4, -0.2) is 97.2 Å². The van der Waals surface area contributed by atoms with Crippen molar-refractivity contribution < 1.29 is 28.8 Å². The molecule has 1 unspecified atom stereocenters. The number of amides is 3. The fourth-order valence-electron chi connectivity index (χ4n) is 8.47. The van der Waals surface area contributed by atoms with E-state index in [0.717, 1.165) is 42.0 Å². The molecule has 1 atom stereocenters. The molecule has 4 aromatic rings. The zero-order chi connectivity index (χ0) is 38.3. The first-order valence-corrected chi connectivity index (χ1v) is 18.9. The summed E-state index contributed by atoms with van der Waals surface area (Å²) in [6.45, 7) is 9.66. The van der Waals surface area contributed by atoms with E-state index in [0.29, 0.717) is 73.6 Å². The Morgan fingerprint density at radius 2 is 1.69 bits per heavy atom. The highest BCUT2D eigenvalue weighted by atomic mass is 16.6.